The number of hydrogen-bond acceptors (Lipinski definition) is 3. The zero-order valence-electron chi connectivity index (χ0n) is 13.6. The summed E-state index contributed by atoms with van der Waals surface area (Å²) in [5.41, 5.74) is 2.85. The van der Waals surface area contributed by atoms with Gasteiger partial charge in [0.25, 0.3) is 0 Å². The van der Waals surface area contributed by atoms with Gasteiger partial charge in [0.1, 0.15) is 0 Å². The third-order valence-corrected chi connectivity index (χ3v) is 6.77. The molecule has 23 heavy (non-hydrogen) atoms. The third kappa shape index (κ3) is 4.48. The van der Waals surface area contributed by atoms with Gasteiger partial charge in [-0.3, -0.25) is 0 Å². The van der Waals surface area contributed by atoms with E-state index in [0.717, 1.165) is 18.0 Å². The maximum atomic E-state index is 6.23. The smallest absolute Gasteiger partial charge is 0.0409 e. The Balaban J connectivity index is 1.82. The average molecular weight is 364 g/mol. The summed E-state index contributed by atoms with van der Waals surface area (Å²) in [6.07, 6.45) is 2.29. The third-order valence-electron chi connectivity index (χ3n) is 3.98. The molecule has 0 unspecified atom stereocenters. The van der Waals surface area contributed by atoms with E-state index < -0.39 is 0 Å². The molecule has 1 heterocycles. The van der Waals surface area contributed by atoms with Crippen LogP contribution in [0.4, 0.5) is 0 Å². The van der Waals surface area contributed by atoms with Crippen LogP contribution in [0.5, 0.6) is 0 Å². The van der Waals surface area contributed by atoms with E-state index in [1.54, 1.807) is 0 Å². The Morgan fingerprint density at radius 2 is 2.00 bits per heavy atom. The van der Waals surface area contributed by atoms with E-state index in [4.69, 9.17) is 11.6 Å². The van der Waals surface area contributed by atoms with Crippen LogP contribution in [0.15, 0.2) is 52.3 Å². The van der Waals surface area contributed by atoms with Crippen molar-refractivity contribution in [1.29, 1.82) is 0 Å². The fraction of sp³-hybridized carbons (Fsp3) is 0.368. The first kappa shape index (κ1) is 17.2. The van der Waals surface area contributed by atoms with Gasteiger partial charge in [0.15, 0.2) is 0 Å². The Morgan fingerprint density at radius 1 is 1.17 bits per heavy atom. The van der Waals surface area contributed by atoms with Crippen molar-refractivity contribution >= 4 is 35.1 Å². The summed E-state index contributed by atoms with van der Waals surface area (Å²) in [6.45, 7) is 1.15. The zero-order valence-corrected chi connectivity index (χ0v) is 16.0. The molecule has 0 spiro atoms. The molecule has 0 N–H and O–H groups in total. The second kappa shape index (κ2) is 7.98. The second-order valence-corrected chi connectivity index (χ2v) is 8.94. The van der Waals surface area contributed by atoms with Crippen molar-refractivity contribution in [3.05, 3.63) is 58.6 Å². The molecule has 1 nitrogen and oxygen atoms in total. The maximum Gasteiger partial charge on any atom is 0.0409 e. The Morgan fingerprint density at radius 3 is 2.83 bits per heavy atom. The topological polar surface area (TPSA) is 3.24 Å². The molecule has 0 saturated carbocycles. The molecule has 0 amide bonds. The average Bonchev–Trinajstić information content (AvgIpc) is 2.68. The summed E-state index contributed by atoms with van der Waals surface area (Å²) < 4.78 is 0. The summed E-state index contributed by atoms with van der Waals surface area (Å²) in [5.74, 6) is 1.19. The van der Waals surface area contributed by atoms with Crippen LogP contribution in [0, 0.1) is 0 Å². The predicted octanol–water partition coefficient (Wildman–Crippen LogP) is 5.77. The lowest BCUT2D eigenvalue weighted by molar-refractivity contribution is 0.410. The van der Waals surface area contributed by atoms with E-state index in [1.165, 1.54) is 33.1 Å². The molecule has 122 valence electrons. The van der Waals surface area contributed by atoms with Crippen molar-refractivity contribution < 1.29 is 0 Å². The fourth-order valence-electron chi connectivity index (χ4n) is 2.83. The molecule has 0 fully saturated rings. The van der Waals surface area contributed by atoms with Crippen LogP contribution < -0.4 is 0 Å². The molecule has 4 heteroatoms. The van der Waals surface area contributed by atoms with Crippen molar-refractivity contribution in [3.63, 3.8) is 0 Å². The number of fused-ring (bicyclic) bond motifs is 2. The molecule has 3 rings (SSSR count). The molecule has 0 radical (unpaired) electrons. The predicted molar refractivity (Wildman–Crippen MR) is 104 cm³/mol. The van der Waals surface area contributed by atoms with Crippen molar-refractivity contribution in [1.82, 2.24) is 4.90 Å². The summed E-state index contributed by atoms with van der Waals surface area (Å²) in [4.78, 5) is 4.99. The lowest BCUT2D eigenvalue weighted by Gasteiger charge is -2.18. The van der Waals surface area contributed by atoms with Crippen LogP contribution in [0.25, 0.3) is 0 Å². The summed E-state index contributed by atoms with van der Waals surface area (Å²) >= 11 is 10.2. The number of rotatable bonds is 5. The van der Waals surface area contributed by atoms with Gasteiger partial charge in [0, 0.05) is 20.1 Å². The van der Waals surface area contributed by atoms with Gasteiger partial charge < -0.3 is 4.90 Å². The van der Waals surface area contributed by atoms with Gasteiger partial charge >= 0.3 is 0 Å². The van der Waals surface area contributed by atoms with Crippen molar-refractivity contribution in [2.24, 2.45) is 0 Å². The van der Waals surface area contributed by atoms with Crippen LogP contribution in [0.1, 0.15) is 22.8 Å². The maximum absolute atomic E-state index is 6.23. The number of benzene rings is 2. The molecule has 0 bridgehead atoms. The first-order valence-corrected chi connectivity index (χ1v) is 10.2. The van der Waals surface area contributed by atoms with E-state index in [2.05, 4.69) is 67.2 Å². The Kier molecular flexibility index (Phi) is 5.97. The van der Waals surface area contributed by atoms with E-state index >= 15 is 0 Å². The van der Waals surface area contributed by atoms with Gasteiger partial charge in [0.2, 0.25) is 0 Å². The molecule has 0 aromatic heterocycles. The first-order valence-electron chi connectivity index (χ1n) is 7.95. The normalized spacial score (nSPS) is 16.8. The standard InChI is InChI=1S/C19H22ClNS2/c1-21(2)10-5-11-22-19-13-14-12-15(20)8-9-17(14)23-18-7-4-3-6-16(18)19/h3-4,6-9,12,19H,5,10-11,13H2,1-2H3/t19-/m1/s1. The Bertz CT molecular complexity index is 672. The highest BCUT2D eigenvalue weighted by molar-refractivity contribution is 8.00. The number of hydrogen-bond donors (Lipinski definition) is 0. The van der Waals surface area contributed by atoms with Gasteiger partial charge in [-0.15, -0.1) is 0 Å². The second-order valence-electron chi connectivity index (χ2n) is 6.11. The Hall–Kier alpha value is -0.610. The van der Waals surface area contributed by atoms with Gasteiger partial charge in [-0.05, 0) is 74.6 Å². The minimum absolute atomic E-state index is 0.514. The van der Waals surface area contributed by atoms with E-state index in [9.17, 15) is 0 Å². The highest BCUT2D eigenvalue weighted by Gasteiger charge is 2.22. The van der Waals surface area contributed by atoms with Crippen LogP contribution >= 0.6 is 35.1 Å². The van der Waals surface area contributed by atoms with Gasteiger partial charge in [-0.2, -0.15) is 11.8 Å². The SMILES string of the molecule is CN(C)CCCS[C@@H]1Cc2cc(Cl)ccc2Sc2ccccc21. The van der Waals surface area contributed by atoms with E-state index in [0.29, 0.717) is 5.25 Å². The highest BCUT2D eigenvalue weighted by atomic mass is 35.5. The van der Waals surface area contributed by atoms with Gasteiger partial charge in [0.05, 0.1) is 0 Å². The monoisotopic (exact) mass is 363 g/mol. The Labute approximate surface area is 152 Å². The largest absolute Gasteiger partial charge is 0.309 e. The van der Waals surface area contributed by atoms with Crippen molar-refractivity contribution in [2.75, 3.05) is 26.4 Å². The molecular formula is C19H22ClNS2. The quantitative estimate of drug-likeness (QED) is 0.620. The van der Waals surface area contributed by atoms with E-state index in [1.807, 2.05) is 17.8 Å². The van der Waals surface area contributed by atoms with E-state index in [-0.39, 0.29) is 0 Å². The van der Waals surface area contributed by atoms with Crippen molar-refractivity contribution in [3.8, 4) is 0 Å². The highest BCUT2D eigenvalue weighted by Crippen LogP contribution is 2.46. The van der Waals surface area contributed by atoms with Crippen LogP contribution in [-0.4, -0.2) is 31.3 Å². The summed E-state index contributed by atoms with van der Waals surface area (Å²) in [5, 5.41) is 1.35. The molecule has 1 aliphatic heterocycles. The first-order chi connectivity index (χ1) is 11.1. The zero-order chi connectivity index (χ0) is 16.2. The molecule has 1 atom stereocenters. The number of thioether (sulfide) groups is 1. The molecule has 2 aromatic rings. The van der Waals surface area contributed by atoms with Gasteiger partial charge in [-0.25, -0.2) is 0 Å². The minimum Gasteiger partial charge on any atom is -0.309 e. The lowest BCUT2D eigenvalue weighted by Crippen LogP contribution is -2.13. The molecule has 2 aromatic carbocycles. The van der Waals surface area contributed by atoms with Crippen LogP contribution in [0.3, 0.4) is 0 Å². The molecule has 0 aliphatic carbocycles. The fourth-order valence-corrected chi connectivity index (χ4v) is 5.48. The summed E-state index contributed by atoms with van der Waals surface area (Å²) in [7, 11) is 4.28. The lowest BCUT2D eigenvalue weighted by atomic mass is 10.0. The number of halogens is 1. The number of nitrogens with zero attached hydrogens (tertiary/aromatic N) is 1. The van der Waals surface area contributed by atoms with Gasteiger partial charge in [-0.1, -0.05) is 41.6 Å². The minimum atomic E-state index is 0.514. The van der Waals surface area contributed by atoms with Crippen LogP contribution in [0.2, 0.25) is 5.02 Å². The molecule has 1 aliphatic rings. The molecular weight excluding hydrogens is 342 g/mol. The summed E-state index contributed by atoms with van der Waals surface area (Å²) in [6, 6.07) is 15.1. The van der Waals surface area contributed by atoms with Crippen molar-refractivity contribution in [2.45, 2.75) is 27.9 Å². The molecule has 0 saturated heterocycles. The van der Waals surface area contributed by atoms with Crippen LogP contribution in [-0.2, 0) is 6.42 Å².